The van der Waals surface area contributed by atoms with Crippen LogP contribution in [0.2, 0.25) is 0 Å². The minimum absolute atomic E-state index is 0.0278. The van der Waals surface area contributed by atoms with Gasteiger partial charge in [0.15, 0.2) is 7.98 Å². The topological polar surface area (TPSA) is 49.5 Å². The molecule has 0 aromatic heterocycles. The highest BCUT2D eigenvalue weighted by Gasteiger charge is 2.24. The zero-order valence-electron chi connectivity index (χ0n) is 5.04. The first-order valence-corrected chi connectivity index (χ1v) is 2.82. The highest BCUT2D eigenvalue weighted by molar-refractivity contribution is 6.04. The average molecular weight is 114 g/mol. The van der Waals surface area contributed by atoms with E-state index in [9.17, 15) is 0 Å². The van der Waals surface area contributed by atoms with Crippen molar-refractivity contribution in [2.24, 2.45) is 5.73 Å². The van der Waals surface area contributed by atoms with Gasteiger partial charge in [0.1, 0.15) is 0 Å². The number of nitrogens with zero attached hydrogens (tertiary/aromatic N) is 1. The van der Waals surface area contributed by atoms with Gasteiger partial charge in [-0.25, -0.2) is 0 Å². The third-order valence-electron chi connectivity index (χ3n) is 1.52. The number of hydrogen-bond acceptors (Lipinski definition) is 3. The summed E-state index contributed by atoms with van der Waals surface area (Å²) < 4.78 is 0. The molecule has 1 saturated heterocycles. The fourth-order valence-corrected chi connectivity index (χ4v) is 1.01. The number of nitrogens with two attached hydrogens (primary N) is 1. The molecule has 0 amide bonds. The van der Waals surface area contributed by atoms with Crippen molar-refractivity contribution in [3.63, 3.8) is 0 Å². The van der Waals surface area contributed by atoms with Gasteiger partial charge in [-0.3, -0.25) is 0 Å². The van der Waals surface area contributed by atoms with Crippen molar-refractivity contribution >= 4 is 7.98 Å². The van der Waals surface area contributed by atoms with E-state index in [1.165, 1.54) is 0 Å². The zero-order chi connectivity index (χ0) is 6.15. The first kappa shape index (κ1) is 6.07. The molecule has 0 spiro atoms. The second-order valence-electron chi connectivity index (χ2n) is 2.45. The summed E-state index contributed by atoms with van der Waals surface area (Å²) in [5, 5.41) is 9.00. The maximum atomic E-state index is 9.00. The Morgan fingerprint density at radius 3 is 2.38 bits per heavy atom. The molecule has 1 heterocycles. The highest BCUT2D eigenvalue weighted by atomic mass is 16.3. The van der Waals surface area contributed by atoms with Crippen molar-refractivity contribution in [1.29, 1.82) is 0 Å². The minimum atomic E-state index is -0.306. The molecule has 1 aliphatic heterocycles. The van der Waals surface area contributed by atoms with Crippen LogP contribution in [0.25, 0.3) is 0 Å². The number of β-amino-alcohol motifs (C(OH)–C–C–N with tert-alkyl or cyclic N) is 1. The lowest BCUT2D eigenvalue weighted by molar-refractivity contribution is 0.174. The molecule has 2 atom stereocenters. The summed E-state index contributed by atoms with van der Waals surface area (Å²) in [6.07, 6.45) is -0.306. The fourth-order valence-electron chi connectivity index (χ4n) is 1.01. The fraction of sp³-hybridized carbons (Fsp3) is 1.00. The normalized spacial score (nSPS) is 40.8. The second-order valence-corrected chi connectivity index (χ2v) is 2.45. The van der Waals surface area contributed by atoms with Crippen LogP contribution in [0.1, 0.15) is 0 Å². The lowest BCUT2D eigenvalue weighted by Crippen LogP contribution is -2.32. The maximum absolute atomic E-state index is 9.00. The molecule has 8 heavy (non-hydrogen) atoms. The van der Waals surface area contributed by atoms with E-state index in [1.54, 1.807) is 0 Å². The van der Waals surface area contributed by atoms with E-state index >= 15 is 0 Å². The van der Waals surface area contributed by atoms with E-state index in [1.807, 2.05) is 12.8 Å². The van der Waals surface area contributed by atoms with Gasteiger partial charge >= 0.3 is 0 Å². The van der Waals surface area contributed by atoms with E-state index in [2.05, 4.69) is 0 Å². The second kappa shape index (κ2) is 2.05. The van der Waals surface area contributed by atoms with E-state index < -0.39 is 0 Å². The molecule has 0 bridgehead atoms. The van der Waals surface area contributed by atoms with Gasteiger partial charge in [-0.2, -0.15) is 0 Å². The van der Waals surface area contributed by atoms with E-state index in [0.29, 0.717) is 0 Å². The standard InChI is InChI=1S/C4H11BN2O/c5-7-1-3(6)4(8)2-7/h3-4,8H,1-2,5-6H2/t3-,4?/m0/s1. The lowest BCUT2D eigenvalue weighted by atomic mass is 10.2. The van der Waals surface area contributed by atoms with E-state index in [0.717, 1.165) is 13.1 Å². The Labute approximate surface area is 49.9 Å². The molecule has 46 valence electrons. The monoisotopic (exact) mass is 114 g/mol. The van der Waals surface area contributed by atoms with Gasteiger partial charge in [0, 0.05) is 19.1 Å². The Morgan fingerprint density at radius 2 is 2.25 bits per heavy atom. The Bertz CT molecular complexity index is 80.1. The Kier molecular flexibility index (Phi) is 1.55. The summed E-state index contributed by atoms with van der Waals surface area (Å²) in [5.41, 5.74) is 5.48. The van der Waals surface area contributed by atoms with Crippen LogP contribution in [-0.2, 0) is 0 Å². The van der Waals surface area contributed by atoms with Crippen LogP contribution in [0.3, 0.4) is 0 Å². The molecule has 0 radical (unpaired) electrons. The van der Waals surface area contributed by atoms with E-state index in [-0.39, 0.29) is 12.1 Å². The van der Waals surface area contributed by atoms with E-state index in [4.69, 9.17) is 10.8 Å². The SMILES string of the molecule is BN1CC(O)[C@@H](N)C1. The smallest absolute Gasteiger partial charge is 0.185 e. The molecular weight excluding hydrogens is 103 g/mol. The molecule has 0 saturated carbocycles. The van der Waals surface area contributed by atoms with Crippen molar-refractivity contribution in [3.05, 3.63) is 0 Å². The summed E-state index contributed by atoms with van der Waals surface area (Å²) >= 11 is 0. The van der Waals surface area contributed by atoms with Crippen molar-refractivity contribution < 1.29 is 5.11 Å². The molecule has 1 unspecified atom stereocenters. The van der Waals surface area contributed by atoms with Crippen LogP contribution in [0, 0.1) is 0 Å². The molecule has 4 heteroatoms. The number of hydrogen-bond donors (Lipinski definition) is 2. The number of aliphatic hydroxyl groups excluding tert-OH is 1. The van der Waals surface area contributed by atoms with Gasteiger partial charge < -0.3 is 15.7 Å². The van der Waals surface area contributed by atoms with Gasteiger partial charge in [0.05, 0.1) is 6.10 Å². The van der Waals surface area contributed by atoms with Crippen LogP contribution < -0.4 is 5.73 Å². The van der Waals surface area contributed by atoms with Crippen LogP contribution in [0.15, 0.2) is 0 Å². The minimum Gasteiger partial charge on any atom is -0.390 e. The zero-order valence-corrected chi connectivity index (χ0v) is 5.04. The third-order valence-corrected chi connectivity index (χ3v) is 1.52. The first-order valence-electron chi connectivity index (χ1n) is 2.82. The summed E-state index contributed by atoms with van der Waals surface area (Å²) in [6.45, 7) is 1.54. The predicted octanol–water partition coefficient (Wildman–Crippen LogP) is -2.46. The Balaban J connectivity index is 2.39. The van der Waals surface area contributed by atoms with Crippen molar-refractivity contribution in [2.45, 2.75) is 12.1 Å². The summed E-state index contributed by atoms with van der Waals surface area (Å²) in [4.78, 5) is 2.02. The molecule has 3 N–H and O–H groups in total. The molecule has 1 aliphatic rings. The highest BCUT2D eigenvalue weighted by Crippen LogP contribution is 2.02. The summed E-state index contributed by atoms with van der Waals surface area (Å²) in [7, 11) is 1.95. The quantitative estimate of drug-likeness (QED) is 0.343. The molecule has 1 fully saturated rings. The Hall–Kier alpha value is -0.0551. The molecular formula is C4H11BN2O. The number of aliphatic hydroxyl groups is 1. The molecule has 0 aromatic rings. The summed E-state index contributed by atoms with van der Waals surface area (Å²) in [5.74, 6) is 0. The van der Waals surface area contributed by atoms with Crippen molar-refractivity contribution in [2.75, 3.05) is 13.1 Å². The Morgan fingerprint density at radius 1 is 1.62 bits per heavy atom. The first-order chi connectivity index (χ1) is 3.70. The van der Waals surface area contributed by atoms with Crippen LogP contribution >= 0.6 is 0 Å². The van der Waals surface area contributed by atoms with Gasteiger partial charge in [-0.1, -0.05) is 0 Å². The van der Waals surface area contributed by atoms with Crippen LogP contribution in [-0.4, -0.2) is 43.1 Å². The average Bonchev–Trinajstić information content (AvgIpc) is 1.85. The van der Waals surface area contributed by atoms with Gasteiger partial charge in [0.2, 0.25) is 0 Å². The number of rotatable bonds is 0. The third kappa shape index (κ3) is 1.02. The van der Waals surface area contributed by atoms with Crippen molar-refractivity contribution in [1.82, 2.24) is 4.81 Å². The maximum Gasteiger partial charge on any atom is 0.185 e. The van der Waals surface area contributed by atoms with Crippen LogP contribution in [0.4, 0.5) is 0 Å². The predicted molar refractivity (Wildman–Crippen MR) is 34.1 cm³/mol. The van der Waals surface area contributed by atoms with Crippen LogP contribution in [0.5, 0.6) is 0 Å². The molecule has 1 rings (SSSR count). The van der Waals surface area contributed by atoms with Gasteiger partial charge in [-0.15, -0.1) is 0 Å². The summed E-state index contributed by atoms with van der Waals surface area (Å²) in [6, 6.07) is -0.0278. The van der Waals surface area contributed by atoms with Crippen molar-refractivity contribution in [3.8, 4) is 0 Å². The lowest BCUT2D eigenvalue weighted by Gasteiger charge is -2.03. The molecule has 3 nitrogen and oxygen atoms in total. The largest absolute Gasteiger partial charge is 0.390 e. The molecule has 0 aliphatic carbocycles. The molecule has 0 aromatic carbocycles. The van der Waals surface area contributed by atoms with Gasteiger partial charge in [-0.05, 0) is 0 Å². The van der Waals surface area contributed by atoms with Gasteiger partial charge in [0.25, 0.3) is 0 Å².